The highest BCUT2D eigenvalue weighted by Gasteiger charge is 1.94. The predicted octanol–water partition coefficient (Wildman–Crippen LogP) is -3.68. The minimum Gasteiger partial charge on any atom is -0.394 e. The Hall–Kier alpha value is -1.04. The number of hydrogen-bond donors (Lipinski definition) is 7. The van der Waals surface area contributed by atoms with Crippen molar-refractivity contribution in [2.24, 2.45) is 0 Å². The number of aliphatic hydroxyl groups excluding tert-OH is 6. The van der Waals surface area contributed by atoms with Gasteiger partial charge < -0.3 is 35.8 Å². The van der Waals surface area contributed by atoms with E-state index >= 15 is 0 Å². The third-order valence-electron chi connectivity index (χ3n) is 0.843. The lowest BCUT2D eigenvalue weighted by molar-refractivity contribution is -0.742. The molecule has 0 bridgehead atoms. The van der Waals surface area contributed by atoms with Crippen molar-refractivity contribution >= 4 is 0 Å². The van der Waals surface area contributed by atoms with Gasteiger partial charge in [-0.15, -0.1) is 10.1 Å². The molecule has 0 fully saturated rings. The SMILES string of the molecule is O=[N+]([O-])O.OCC(O)CO.OCC(O)CO. The van der Waals surface area contributed by atoms with Crippen molar-refractivity contribution in [1.82, 2.24) is 0 Å². The van der Waals surface area contributed by atoms with Crippen LogP contribution in [0.1, 0.15) is 0 Å². The van der Waals surface area contributed by atoms with Gasteiger partial charge in [-0.1, -0.05) is 0 Å². The van der Waals surface area contributed by atoms with Gasteiger partial charge in [0.25, 0.3) is 5.09 Å². The molecule has 0 rings (SSSR count). The first kappa shape index (κ1) is 20.4. The normalized spacial score (nSPS) is 9.00. The summed E-state index contributed by atoms with van der Waals surface area (Å²) in [7, 11) is 0. The average Bonchev–Trinajstić information content (AvgIpc) is 2.26. The maximum atomic E-state index is 8.36. The topological polar surface area (TPSA) is 185 Å². The van der Waals surface area contributed by atoms with Gasteiger partial charge in [-0.25, -0.2) is 0 Å². The van der Waals surface area contributed by atoms with Crippen LogP contribution in [0.2, 0.25) is 0 Å². The number of nitrogens with zero attached hydrogens (tertiary/aromatic N) is 1. The smallest absolute Gasteiger partial charge is 0.291 e. The molecule has 0 spiro atoms. The second-order valence-electron chi connectivity index (χ2n) is 2.28. The van der Waals surface area contributed by atoms with Gasteiger partial charge in [0, 0.05) is 0 Å². The van der Waals surface area contributed by atoms with E-state index in [0.717, 1.165) is 0 Å². The highest BCUT2D eigenvalue weighted by atomic mass is 16.9. The molecule has 0 unspecified atom stereocenters. The molecular formula is C6H17NO9. The zero-order valence-corrected chi connectivity index (χ0v) is 8.38. The Morgan fingerprint density at radius 2 is 1.00 bits per heavy atom. The summed E-state index contributed by atoms with van der Waals surface area (Å²) < 4.78 is 0. The van der Waals surface area contributed by atoms with Crippen LogP contribution in [0.15, 0.2) is 0 Å². The van der Waals surface area contributed by atoms with Gasteiger partial charge in [0.05, 0.1) is 26.4 Å². The van der Waals surface area contributed by atoms with Crippen LogP contribution in [0, 0.1) is 10.1 Å². The molecule has 0 amide bonds. The summed E-state index contributed by atoms with van der Waals surface area (Å²) in [5, 5.41) is 61.7. The fraction of sp³-hybridized carbons (Fsp3) is 1.00. The van der Waals surface area contributed by atoms with E-state index in [1.165, 1.54) is 0 Å². The monoisotopic (exact) mass is 247 g/mol. The molecule has 0 aliphatic carbocycles. The molecule has 0 heterocycles. The van der Waals surface area contributed by atoms with E-state index in [9.17, 15) is 0 Å². The first-order valence-electron chi connectivity index (χ1n) is 3.98. The van der Waals surface area contributed by atoms with Gasteiger partial charge in [0.1, 0.15) is 12.2 Å². The third kappa shape index (κ3) is 38.3. The Bertz CT molecular complexity index is 122. The number of rotatable bonds is 4. The Kier molecular flexibility index (Phi) is 20.9. The molecule has 0 aromatic rings. The average molecular weight is 247 g/mol. The minimum absolute atomic E-state index is 0.365. The summed E-state index contributed by atoms with van der Waals surface area (Å²) >= 11 is 0. The zero-order chi connectivity index (χ0) is 13.6. The third-order valence-corrected chi connectivity index (χ3v) is 0.843. The molecule has 10 heteroatoms. The van der Waals surface area contributed by atoms with E-state index < -0.39 is 17.3 Å². The van der Waals surface area contributed by atoms with Crippen LogP contribution >= 0.6 is 0 Å². The standard InChI is InChI=1S/2C3H8O3.HNO3/c2*4-1-3(6)2-5;2-1(3)4/h2*3-6H,1-2H2;(H,2,3,4). The lowest BCUT2D eigenvalue weighted by Crippen LogP contribution is -2.15. The van der Waals surface area contributed by atoms with Crippen LogP contribution in [0.5, 0.6) is 0 Å². The molecule has 0 aromatic heterocycles. The van der Waals surface area contributed by atoms with Gasteiger partial charge in [-0.3, -0.25) is 0 Å². The van der Waals surface area contributed by atoms with Gasteiger partial charge >= 0.3 is 0 Å². The van der Waals surface area contributed by atoms with Crippen molar-refractivity contribution < 1.29 is 40.9 Å². The molecule has 0 saturated heterocycles. The largest absolute Gasteiger partial charge is 0.394 e. The molecular weight excluding hydrogens is 230 g/mol. The van der Waals surface area contributed by atoms with Gasteiger partial charge in [-0.2, -0.15) is 0 Å². The fourth-order valence-electron chi connectivity index (χ4n) is 0.115. The Balaban J connectivity index is -0.000000162. The quantitative estimate of drug-likeness (QED) is 0.194. The maximum Gasteiger partial charge on any atom is 0.291 e. The molecule has 0 aromatic carbocycles. The van der Waals surface area contributed by atoms with E-state index in [4.69, 9.17) is 46.0 Å². The molecule has 7 N–H and O–H groups in total. The molecule has 0 atom stereocenters. The fourth-order valence-corrected chi connectivity index (χ4v) is 0.115. The van der Waals surface area contributed by atoms with Crippen molar-refractivity contribution in [3.63, 3.8) is 0 Å². The summed E-state index contributed by atoms with van der Waals surface area (Å²) in [6, 6.07) is 0. The Morgan fingerprint density at radius 1 is 0.875 bits per heavy atom. The van der Waals surface area contributed by atoms with Crippen LogP contribution in [0.3, 0.4) is 0 Å². The molecule has 100 valence electrons. The molecule has 0 aliphatic heterocycles. The Labute approximate surface area is 90.7 Å². The van der Waals surface area contributed by atoms with Crippen molar-refractivity contribution in [2.75, 3.05) is 26.4 Å². The van der Waals surface area contributed by atoms with Crippen LogP contribution < -0.4 is 0 Å². The highest BCUT2D eigenvalue weighted by Crippen LogP contribution is 1.72. The van der Waals surface area contributed by atoms with E-state index in [0.29, 0.717) is 0 Å². The second-order valence-corrected chi connectivity index (χ2v) is 2.28. The first-order chi connectivity index (χ1) is 7.35. The van der Waals surface area contributed by atoms with Crippen LogP contribution in [0.25, 0.3) is 0 Å². The highest BCUT2D eigenvalue weighted by molar-refractivity contribution is 4.44. The summed E-state index contributed by atoms with van der Waals surface area (Å²) in [6.45, 7) is -1.46. The minimum atomic E-state index is -1.50. The molecule has 0 radical (unpaired) electrons. The Morgan fingerprint density at radius 3 is 1.00 bits per heavy atom. The first-order valence-corrected chi connectivity index (χ1v) is 3.98. The molecule has 0 saturated carbocycles. The van der Waals surface area contributed by atoms with Gasteiger partial charge in [0.2, 0.25) is 0 Å². The lowest BCUT2D eigenvalue weighted by atomic mass is 10.4. The number of hydrogen-bond acceptors (Lipinski definition) is 8. The summed E-state index contributed by atoms with van der Waals surface area (Å²) in [5.74, 6) is 0. The summed E-state index contributed by atoms with van der Waals surface area (Å²) in [4.78, 5) is 8.36. The predicted molar refractivity (Wildman–Crippen MR) is 49.1 cm³/mol. The van der Waals surface area contributed by atoms with E-state index in [2.05, 4.69) is 0 Å². The summed E-state index contributed by atoms with van der Waals surface area (Å²) in [6.07, 6.45) is -1.91. The molecule has 10 nitrogen and oxygen atoms in total. The van der Waals surface area contributed by atoms with Crippen LogP contribution in [-0.4, -0.2) is 79.6 Å². The maximum absolute atomic E-state index is 8.36. The van der Waals surface area contributed by atoms with Crippen LogP contribution in [0.4, 0.5) is 0 Å². The van der Waals surface area contributed by atoms with Crippen molar-refractivity contribution in [3.8, 4) is 0 Å². The van der Waals surface area contributed by atoms with E-state index in [1.54, 1.807) is 0 Å². The van der Waals surface area contributed by atoms with E-state index in [1.807, 2.05) is 0 Å². The van der Waals surface area contributed by atoms with Crippen molar-refractivity contribution in [1.29, 1.82) is 0 Å². The van der Waals surface area contributed by atoms with Gasteiger partial charge in [-0.05, 0) is 0 Å². The van der Waals surface area contributed by atoms with E-state index in [-0.39, 0.29) is 26.4 Å². The second kappa shape index (κ2) is 16.4. The van der Waals surface area contributed by atoms with Crippen molar-refractivity contribution in [2.45, 2.75) is 12.2 Å². The van der Waals surface area contributed by atoms with Crippen LogP contribution in [-0.2, 0) is 0 Å². The lowest BCUT2D eigenvalue weighted by Gasteiger charge is -1.96. The van der Waals surface area contributed by atoms with Gasteiger partial charge in [0.15, 0.2) is 0 Å². The summed E-state index contributed by atoms with van der Waals surface area (Å²) in [5.41, 5.74) is 0. The zero-order valence-electron chi connectivity index (χ0n) is 8.38. The van der Waals surface area contributed by atoms with Crippen molar-refractivity contribution in [3.05, 3.63) is 10.1 Å². The number of aliphatic hydroxyl groups is 6. The molecule has 16 heavy (non-hydrogen) atoms. The molecule has 0 aliphatic rings.